The number of ether oxygens (including phenoxy) is 1. The molecule has 3 aromatic carbocycles. The third kappa shape index (κ3) is 6.31. The van der Waals surface area contributed by atoms with Crippen molar-refractivity contribution in [3.8, 4) is 22.8 Å². The van der Waals surface area contributed by atoms with Crippen molar-refractivity contribution in [2.24, 2.45) is 10.2 Å². The van der Waals surface area contributed by atoms with Gasteiger partial charge in [-0.25, -0.2) is 9.67 Å². The zero-order valence-electron chi connectivity index (χ0n) is 21.5. The molecule has 0 spiro atoms. The lowest BCUT2D eigenvalue weighted by Crippen LogP contribution is -2.34. The van der Waals surface area contributed by atoms with E-state index in [1.165, 1.54) is 35.3 Å². The van der Waals surface area contributed by atoms with Gasteiger partial charge in [-0.15, -0.1) is 23.4 Å². The van der Waals surface area contributed by atoms with E-state index >= 15 is 0 Å². The Labute approximate surface area is 238 Å². The van der Waals surface area contributed by atoms with Gasteiger partial charge in [0.15, 0.2) is 11.0 Å². The number of alkyl halides is 3. The number of halogens is 4. The molecular weight excluding hydrogens is 561 g/mol. The van der Waals surface area contributed by atoms with Crippen LogP contribution in [-0.4, -0.2) is 44.3 Å². The molecule has 5 rings (SSSR count). The van der Waals surface area contributed by atoms with E-state index < -0.39 is 6.36 Å². The second-order valence-corrected chi connectivity index (χ2v) is 10.3. The van der Waals surface area contributed by atoms with Crippen LogP contribution in [0.4, 0.5) is 18.9 Å². The third-order valence-electron chi connectivity index (χ3n) is 6.22. The highest BCUT2D eigenvalue weighted by atomic mass is 35.5. The van der Waals surface area contributed by atoms with E-state index in [0.717, 1.165) is 39.7 Å². The Kier molecular flexibility index (Phi) is 8.13. The standard InChI is InChI=1S/C28H24ClF3N6OS/c1-3-21-16-40-27(38(21)25-18(2)5-4-6-24(25)29)35-34-15-19-7-9-20(10-8-19)26-33-17-37(36-26)22-11-13-23(14-12-22)39-28(30,31)32/h4-15,17,21H,3,16H2,1-2H3/b34-15+,35-27-. The van der Waals surface area contributed by atoms with Crippen molar-refractivity contribution in [2.75, 3.05) is 10.7 Å². The average molecular weight is 585 g/mol. The van der Waals surface area contributed by atoms with Crippen molar-refractivity contribution in [1.29, 1.82) is 0 Å². The molecule has 1 unspecified atom stereocenters. The number of hydrogen-bond acceptors (Lipinski definition) is 6. The summed E-state index contributed by atoms with van der Waals surface area (Å²) in [5.41, 5.74) is 4.23. The molecule has 0 N–H and O–H groups in total. The minimum Gasteiger partial charge on any atom is -0.406 e. The van der Waals surface area contributed by atoms with E-state index in [9.17, 15) is 13.2 Å². The van der Waals surface area contributed by atoms with Gasteiger partial charge in [-0.3, -0.25) is 0 Å². The summed E-state index contributed by atoms with van der Waals surface area (Å²) >= 11 is 8.22. The number of benzene rings is 3. The minimum absolute atomic E-state index is 0.287. The molecule has 0 radical (unpaired) electrons. The van der Waals surface area contributed by atoms with Crippen molar-refractivity contribution in [3.63, 3.8) is 0 Å². The zero-order chi connectivity index (χ0) is 28.3. The van der Waals surface area contributed by atoms with Crippen LogP contribution < -0.4 is 9.64 Å². The maximum atomic E-state index is 12.4. The molecule has 1 aliphatic rings. The fourth-order valence-electron chi connectivity index (χ4n) is 4.24. The summed E-state index contributed by atoms with van der Waals surface area (Å²) in [6.07, 6.45) is -0.598. The molecule has 206 valence electrons. The topological polar surface area (TPSA) is 67.9 Å². The number of nitrogens with zero attached hydrogens (tertiary/aromatic N) is 6. The normalized spacial score (nSPS) is 16.8. The van der Waals surface area contributed by atoms with E-state index in [4.69, 9.17) is 11.6 Å². The Morgan fingerprint density at radius 1 is 1.10 bits per heavy atom. The highest BCUT2D eigenvalue weighted by molar-refractivity contribution is 8.14. The van der Waals surface area contributed by atoms with Crippen LogP contribution in [0.3, 0.4) is 0 Å². The number of amidine groups is 1. The molecule has 1 saturated heterocycles. The summed E-state index contributed by atoms with van der Waals surface area (Å²) in [4.78, 5) is 6.50. The van der Waals surface area contributed by atoms with Crippen LogP contribution in [0.2, 0.25) is 5.02 Å². The summed E-state index contributed by atoms with van der Waals surface area (Å²) in [6.45, 7) is 4.19. The summed E-state index contributed by atoms with van der Waals surface area (Å²) in [5.74, 6) is 1.08. The van der Waals surface area contributed by atoms with Gasteiger partial charge in [0, 0.05) is 17.4 Å². The van der Waals surface area contributed by atoms with Crippen LogP contribution in [0.25, 0.3) is 17.1 Å². The van der Waals surface area contributed by atoms with Crippen LogP contribution in [0, 0.1) is 6.92 Å². The number of aryl methyl sites for hydroxylation is 1. The minimum atomic E-state index is -4.74. The van der Waals surface area contributed by atoms with Gasteiger partial charge >= 0.3 is 6.36 Å². The van der Waals surface area contributed by atoms with E-state index in [2.05, 4.69) is 36.8 Å². The molecule has 7 nitrogen and oxygen atoms in total. The summed E-state index contributed by atoms with van der Waals surface area (Å²) in [5, 5.41) is 14.8. The molecule has 12 heteroatoms. The zero-order valence-corrected chi connectivity index (χ0v) is 23.1. The number of aromatic nitrogens is 3. The van der Waals surface area contributed by atoms with E-state index in [0.29, 0.717) is 16.5 Å². The van der Waals surface area contributed by atoms with E-state index in [1.54, 1.807) is 18.0 Å². The van der Waals surface area contributed by atoms with Crippen LogP contribution >= 0.6 is 23.4 Å². The van der Waals surface area contributed by atoms with Crippen molar-refractivity contribution in [1.82, 2.24) is 14.8 Å². The molecule has 40 heavy (non-hydrogen) atoms. The molecule has 1 atom stereocenters. The number of para-hydroxylation sites is 1. The number of thioether (sulfide) groups is 1. The Balaban J connectivity index is 1.28. The Morgan fingerprint density at radius 2 is 1.85 bits per heavy atom. The van der Waals surface area contributed by atoms with Crippen molar-refractivity contribution >= 4 is 40.4 Å². The van der Waals surface area contributed by atoms with Gasteiger partial charge in [-0.05, 0) is 54.8 Å². The maximum Gasteiger partial charge on any atom is 0.573 e. The second-order valence-electron chi connectivity index (χ2n) is 8.95. The van der Waals surface area contributed by atoms with Gasteiger partial charge in [0.1, 0.15) is 12.1 Å². The lowest BCUT2D eigenvalue weighted by Gasteiger charge is -2.27. The van der Waals surface area contributed by atoms with Crippen LogP contribution in [0.1, 0.15) is 24.5 Å². The molecule has 2 heterocycles. The molecule has 0 bridgehead atoms. The summed E-state index contributed by atoms with van der Waals surface area (Å²) < 4.78 is 42.5. The molecular formula is C28H24ClF3N6OS. The third-order valence-corrected chi connectivity index (χ3v) is 7.62. The van der Waals surface area contributed by atoms with Crippen molar-refractivity contribution < 1.29 is 17.9 Å². The Morgan fingerprint density at radius 3 is 2.52 bits per heavy atom. The van der Waals surface area contributed by atoms with Gasteiger partial charge < -0.3 is 9.64 Å². The van der Waals surface area contributed by atoms with Crippen LogP contribution in [0.15, 0.2) is 83.3 Å². The van der Waals surface area contributed by atoms with E-state index in [-0.39, 0.29) is 11.8 Å². The highest BCUT2D eigenvalue weighted by Gasteiger charge is 2.33. The Hall–Kier alpha value is -3.83. The van der Waals surface area contributed by atoms with Gasteiger partial charge in [0.25, 0.3) is 0 Å². The Bertz CT molecular complexity index is 1520. The van der Waals surface area contributed by atoms with Crippen LogP contribution in [-0.2, 0) is 0 Å². The van der Waals surface area contributed by atoms with Crippen LogP contribution in [0.5, 0.6) is 5.75 Å². The van der Waals surface area contributed by atoms with Gasteiger partial charge in [0.05, 0.1) is 22.6 Å². The lowest BCUT2D eigenvalue weighted by molar-refractivity contribution is -0.274. The lowest BCUT2D eigenvalue weighted by atomic mass is 10.1. The molecule has 1 fully saturated rings. The SMILES string of the molecule is CCC1CS/C(=N\N=C\c2ccc(-c3ncn(-c4ccc(OC(F)(F)F)cc4)n3)cc2)N1c1c(C)cccc1Cl. The quantitative estimate of drug-likeness (QED) is 0.166. The number of anilines is 1. The molecule has 1 aliphatic heterocycles. The van der Waals surface area contributed by atoms with Gasteiger partial charge in [0.2, 0.25) is 0 Å². The van der Waals surface area contributed by atoms with Crippen molar-refractivity contribution in [3.05, 3.63) is 89.2 Å². The second kappa shape index (κ2) is 11.7. The molecule has 0 amide bonds. The van der Waals surface area contributed by atoms with Gasteiger partial charge in [-0.2, -0.15) is 5.10 Å². The first kappa shape index (κ1) is 27.7. The smallest absolute Gasteiger partial charge is 0.406 e. The summed E-state index contributed by atoms with van der Waals surface area (Å²) in [6, 6.07) is 19.1. The molecule has 0 aliphatic carbocycles. The number of rotatable bonds is 7. The highest BCUT2D eigenvalue weighted by Crippen LogP contribution is 2.38. The maximum absolute atomic E-state index is 12.4. The predicted molar refractivity (Wildman–Crippen MR) is 154 cm³/mol. The first-order valence-corrected chi connectivity index (χ1v) is 13.7. The first-order chi connectivity index (χ1) is 19.2. The predicted octanol–water partition coefficient (Wildman–Crippen LogP) is 7.52. The van der Waals surface area contributed by atoms with Gasteiger partial charge in [-0.1, -0.05) is 66.7 Å². The fraction of sp³-hybridized carbons (Fsp3) is 0.214. The molecule has 0 saturated carbocycles. The summed E-state index contributed by atoms with van der Waals surface area (Å²) in [7, 11) is 0. The largest absolute Gasteiger partial charge is 0.573 e. The monoisotopic (exact) mass is 584 g/mol. The first-order valence-electron chi connectivity index (χ1n) is 12.4. The fourth-order valence-corrected chi connectivity index (χ4v) is 5.76. The molecule has 1 aromatic heterocycles. The number of hydrogen-bond donors (Lipinski definition) is 0. The van der Waals surface area contributed by atoms with Crippen molar-refractivity contribution in [2.45, 2.75) is 32.7 Å². The average Bonchev–Trinajstić information content (AvgIpc) is 3.57. The van der Waals surface area contributed by atoms with E-state index in [1.807, 2.05) is 49.4 Å². The molecule has 4 aromatic rings.